The van der Waals surface area contributed by atoms with E-state index < -0.39 is 42.0 Å². The summed E-state index contributed by atoms with van der Waals surface area (Å²) in [6.45, 7) is 3.18. The van der Waals surface area contributed by atoms with Gasteiger partial charge in [-0.2, -0.15) is 9.97 Å². The minimum Gasteiger partial charge on any atom is -0.467 e. The molecule has 13 heteroatoms. The number of alkyl halides is 2. The Kier molecular flexibility index (Phi) is 7.70. The lowest BCUT2D eigenvalue weighted by Crippen LogP contribution is -2.24. The summed E-state index contributed by atoms with van der Waals surface area (Å²) >= 11 is 0. The number of halogens is 3. The second-order valence-electron chi connectivity index (χ2n) is 7.96. The number of nitrogens with one attached hydrogen (secondary N) is 2. The van der Waals surface area contributed by atoms with E-state index in [9.17, 15) is 18.0 Å². The van der Waals surface area contributed by atoms with Gasteiger partial charge in [-0.25, -0.2) is 23.1 Å². The van der Waals surface area contributed by atoms with E-state index in [-0.39, 0.29) is 34.5 Å². The maximum absolute atomic E-state index is 14.8. The Balaban J connectivity index is 1.74. The highest BCUT2D eigenvalue weighted by molar-refractivity contribution is 5.94. The number of rotatable bonds is 9. The van der Waals surface area contributed by atoms with Gasteiger partial charge in [0.1, 0.15) is 36.3 Å². The molecule has 1 aromatic carbocycles. The van der Waals surface area contributed by atoms with Gasteiger partial charge >= 0.3 is 6.01 Å². The van der Waals surface area contributed by atoms with Gasteiger partial charge in [0.2, 0.25) is 5.91 Å². The first-order valence-corrected chi connectivity index (χ1v) is 11.1. The largest absolute Gasteiger partial charge is 0.467 e. The third-order valence-corrected chi connectivity index (χ3v) is 5.58. The Bertz CT molecular complexity index is 1290. The van der Waals surface area contributed by atoms with Crippen LogP contribution in [0, 0.1) is 5.82 Å². The Hall–Kier alpha value is -4.42. The quantitative estimate of drug-likeness (QED) is 0.414. The number of amides is 1. The molecule has 3 aromatic rings. The molecule has 2 N–H and O–H groups in total. The predicted molar refractivity (Wildman–Crippen MR) is 125 cm³/mol. The summed E-state index contributed by atoms with van der Waals surface area (Å²) in [5.41, 5.74) is -0.283. The number of hydrogen-bond donors (Lipinski definition) is 2. The van der Waals surface area contributed by atoms with Crippen LogP contribution in [0.3, 0.4) is 0 Å². The predicted octanol–water partition coefficient (Wildman–Crippen LogP) is 4.78. The van der Waals surface area contributed by atoms with E-state index in [1.807, 2.05) is 0 Å². The van der Waals surface area contributed by atoms with E-state index in [0.29, 0.717) is 0 Å². The minimum absolute atomic E-state index is 0.0104. The summed E-state index contributed by atoms with van der Waals surface area (Å²) in [6, 6.07) is 4.36. The lowest BCUT2D eigenvalue weighted by molar-refractivity contribution is -0.117. The standard InChI is InChI=1S/C24H23F3N6O4/c1-12(22(34)31-16-7-8-28-11-29-16)19-17(23-36-9-10-37-23)21(33-24(32-19)35-3)30-13(2)14-5-4-6-15(18(14)25)20(26)27/h4-13,20,23H,1-3H3,(H,30,32,33)(H,28,29,31,34)/t12?,13-/m1/s1. The third kappa shape index (κ3) is 5.55. The van der Waals surface area contributed by atoms with Crippen LogP contribution in [-0.4, -0.2) is 33.0 Å². The highest BCUT2D eigenvalue weighted by Crippen LogP contribution is 2.38. The topological polar surface area (TPSA) is 120 Å². The van der Waals surface area contributed by atoms with Crippen LogP contribution in [0.2, 0.25) is 0 Å². The molecule has 37 heavy (non-hydrogen) atoms. The number of benzene rings is 1. The molecule has 1 amide bonds. The second-order valence-corrected chi connectivity index (χ2v) is 7.96. The number of carbonyl (C=O) groups is 1. The van der Waals surface area contributed by atoms with Crippen molar-refractivity contribution in [3.05, 3.63) is 77.5 Å². The number of methoxy groups -OCH3 is 1. The molecule has 1 aliphatic rings. The Morgan fingerprint density at radius 2 is 1.84 bits per heavy atom. The van der Waals surface area contributed by atoms with Gasteiger partial charge < -0.3 is 24.8 Å². The molecule has 0 saturated heterocycles. The van der Waals surface area contributed by atoms with E-state index >= 15 is 0 Å². The monoisotopic (exact) mass is 516 g/mol. The number of carbonyl (C=O) groups excluding carboxylic acids is 1. The molecule has 1 aliphatic heterocycles. The van der Waals surface area contributed by atoms with Crippen molar-refractivity contribution in [2.45, 2.75) is 38.5 Å². The zero-order chi connectivity index (χ0) is 26.5. The van der Waals surface area contributed by atoms with Gasteiger partial charge in [0.15, 0.2) is 0 Å². The fourth-order valence-corrected chi connectivity index (χ4v) is 3.68. The Morgan fingerprint density at radius 3 is 2.49 bits per heavy atom. The Morgan fingerprint density at radius 1 is 1.11 bits per heavy atom. The molecule has 4 rings (SSSR count). The number of anilines is 2. The van der Waals surface area contributed by atoms with Crippen molar-refractivity contribution in [1.29, 1.82) is 0 Å². The molecule has 194 valence electrons. The number of aromatic nitrogens is 4. The van der Waals surface area contributed by atoms with E-state index in [4.69, 9.17) is 14.2 Å². The molecule has 10 nitrogen and oxygen atoms in total. The highest BCUT2D eigenvalue weighted by atomic mass is 19.3. The molecule has 0 saturated carbocycles. The molecule has 2 atom stereocenters. The SMILES string of the molecule is COc1nc(N[C@H](C)c2cccc(C(F)F)c2F)c(C2OC=CO2)c(C(C)C(=O)Nc2ccncn2)n1. The molecule has 0 fully saturated rings. The molecule has 0 spiro atoms. The summed E-state index contributed by atoms with van der Waals surface area (Å²) in [5.74, 6) is -1.99. The van der Waals surface area contributed by atoms with Crippen molar-refractivity contribution in [1.82, 2.24) is 19.9 Å². The van der Waals surface area contributed by atoms with Gasteiger partial charge in [-0.1, -0.05) is 18.2 Å². The molecule has 1 unspecified atom stereocenters. The van der Waals surface area contributed by atoms with Crippen LogP contribution in [0.5, 0.6) is 6.01 Å². The van der Waals surface area contributed by atoms with Gasteiger partial charge in [0, 0.05) is 11.8 Å². The highest BCUT2D eigenvalue weighted by Gasteiger charge is 2.33. The van der Waals surface area contributed by atoms with Crippen molar-refractivity contribution in [2.24, 2.45) is 0 Å². The maximum Gasteiger partial charge on any atom is 0.318 e. The maximum atomic E-state index is 14.8. The van der Waals surface area contributed by atoms with Crippen molar-refractivity contribution >= 4 is 17.5 Å². The summed E-state index contributed by atoms with van der Waals surface area (Å²) in [5, 5.41) is 5.69. The molecule has 0 radical (unpaired) electrons. The molecule has 3 heterocycles. The van der Waals surface area contributed by atoms with Crippen molar-refractivity contribution in [3.63, 3.8) is 0 Å². The number of ether oxygens (including phenoxy) is 3. The first kappa shape index (κ1) is 25.7. The lowest BCUT2D eigenvalue weighted by Gasteiger charge is -2.24. The Labute approximate surface area is 209 Å². The summed E-state index contributed by atoms with van der Waals surface area (Å²) in [6.07, 6.45) is 1.36. The fraction of sp³-hybridized carbons (Fsp3) is 0.292. The average molecular weight is 516 g/mol. The van der Waals surface area contributed by atoms with E-state index in [2.05, 4.69) is 30.6 Å². The lowest BCUT2D eigenvalue weighted by atomic mass is 9.99. The average Bonchev–Trinajstić information content (AvgIpc) is 3.42. The summed E-state index contributed by atoms with van der Waals surface area (Å²) < 4.78 is 57.6. The normalized spacial score (nSPS) is 14.6. The third-order valence-electron chi connectivity index (χ3n) is 5.58. The van der Waals surface area contributed by atoms with E-state index in [1.165, 1.54) is 50.4 Å². The van der Waals surface area contributed by atoms with Gasteiger partial charge in [-0.05, 0) is 19.9 Å². The summed E-state index contributed by atoms with van der Waals surface area (Å²) in [7, 11) is 1.34. The van der Waals surface area contributed by atoms with Gasteiger partial charge in [-0.3, -0.25) is 4.79 Å². The molecule has 0 bridgehead atoms. The van der Waals surface area contributed by atoms with E-state index in [1.54, 1.807) is 13.8 Å². The molecule has 2 aromatic heterocycles. The van der Waals surface area contributed by atoms with Crippen LogP contribution in [0.15, 0.2) is 49.3 Å². The molecule has 0 aliphatic carbocycles. The fourth-order valence-electron chi connectivity index (χ4n) is 3.68. The van der Waals surface area contributed by atoms with Crippen LogP contribution >= 0.6 is 0 Å². The zero-order valence-corrected chi connectivity index (χ0v) is 20.0. The smallest absolute Gasteiger partial charge is 0.318 e. The van der Waals surface area contributed by atoms with Crippen LogP contribution < -0.4 is 15.4 Å². The van der Waals surface area contributed by atoms with Crippen LogP contribution in [0.1, 0.15) is 60.9 Å². The molecular weight excluding hydrogens is 493 g/mol. The number of hydrogen-bond acceptors (Lipinski definition) is 9. The van der Waals surface area contributed by atoms with Crippen LogP contribution in [-0.2, 0) is 14.3 Å². The first-order chi connectivity index (χ1) is 17.8. The summed E-state index contributed by atoms with van der Waals surface area (Å²) in [4.78, 5) is 29.6. The van der Waals surface area contributed by atoms with Gasteiger partial charge in [-0.15, -0.1) is 0 Å². The van der Waals surface area contributed by atoms with Crippen molar-refractivity contribution in [2.75, 3.05) is 17.7 Å². The molecular formula is C24H23F3N6O4. The van der Waals surface area contributed by atoms with Crippen LogP contribution in [0.4, 0.5) is 24.8 Å². The van der Waals surface area contributed by atoms with Crippen molar-refractivity contribution in [3.8, 4) is 6.01 Å². The van der Waals surface area contributed by atoms with E-state index in [0.717, 1.165) is 6.07 Å². The minimum atomic E-state index is -2.98. The van der Waals surface area contributed by atoms with Gasteiger partial charge in [0.05, 0.1) is 35.9 Å². The second kappa shape index (κ2) is 11.1. The number of nitrogens with zero attached hydrogens (tertiary/aromatic N) is 4. The van der Waals surface area contributed by atoms with Crippen LogP contribution in [0.25, 0.3) is 0 Å². The van der Waals surface area contributed by atoms with Gasteiger partial charge in [0.25, 0.3) is 12.7 Å². The first-order valence-electron chi connectivity index (χ1n) is 11.1. The van der Waals surface area contributed by atoms with Crippen molar-refractivity contribution < 1.29 is 32.2 Å². The zero-order valence-electron chi connectivity index (χ0n) is 20.0.